The Kier molecular flexibility index (Phi) is 4.96. The smallest absolute Gasteiger partial charge is 0.254 e. The summed E-state index contributed by atoms with van der Waals surface area (Å²) in [5.74, 6) is -0.274. The summed E-state index contributed by atoms with van der Waals surface area (Å²) in [6.45, 7) is 5.03. The van der Waals surface area contributed by atoms with Crippen LogP contribution in [0.1, 0.15) is 28.4 Å². The van der Waals surface area contributed by atoms with Gasteiger partial charge >= 0.3 is 0 Å². The maximum atomic E-state index is 12.7. The highest BCUT2D eigenvalue weighted by atomic mass is 16.3. The molecular formula is C19H20N4O2. The first-order valence-electron chi connectivity index (χ1n) is 8.24. The van der Waals surface area contributed by atoms with E-state index in [4.69, 9.17) is 5.26 Å². The molecule has 1 fully saturated rings. The lowest BCUT2D eigenvalue weighted by molar-refractivity contribution is 0.0475. The fraction of sp³-hybridized carbons (Fsp3) is 0.316. The number of amides is 1. The van der Waals surface area contributed by atoms with Gasteiger partial charge in [0.15, 0.2) is 0 Å². The third-order valence-corrected chi connectivity index (χ3v) is 4.47. The minimum atomic E-state index is -0.156. The molecule has 0 bridgehead atoms. The van der Waals surface area contributed by atoms with Crippen molar-refractivity contribution in [2.45, 2.75) is 19.5 Å². The molecule has 0 radical (unpaired) electrons. The minimum absolute atomic E-state index is 0.0655. The highest BCUT2D eigenvalue weighted by molar-refractivity contribution is 5.95. The van der Waals surface area contributed by atoms with Crippen molar-refractivity contribution in [3.05, 3.63) is 59.4 Å². The van der Waals surface area contributed by atoms with Gasteiger partial charge < -0.3 is 10.0 Å². The van der Waals surface area contributed by atoms with Crippen LogP contribution in [0.5, 0.6) is 5.75 Å². The van der Waals surface area contributed by atoms with E-state index < -0.39 is 0 Å². The molecule has 0 saturated carbocycles. The standard InChI is InChI=1S/C19H20N4O2/c1-14-12-22(13-15-3-2-6-21-11-15)7-8-23(14)19(25)16-4-5-17(10-20)18(24)9-16/h2-6,9,11,14,24H,7-8,12-13H2,1H3/t14-/m0/s1. The topological polar surface area (TPSA) is 80.5 Å². The van der Waals surface area contributed by atoms with Crippen LogP contribution < -0.4 is 0 Å². The third-order valence-electron chi connectivity index (χ3n) is 4.47. The summed E-state index contributed by atoms with van der Waals surface area (Å²) in [5.41, 5.74) is 1.74. The second kappa shape index (κ2) is 7.32. The van der Waals surface area contributed by atoms with Gasteiger partial charge in [-0.25, -0.2) is 0 Å². The summed E-state index contributed by atoms with van der Waals surface area (Å²) in [5, 5.41) is 18.7. The van der Waals surface area contributed by atoms with E-state index in [9.17, 15) is 9.90 Å². The zero-order chi connectivity index (χ0) is 17.8. The van der Waals surface area contributed by atoms with E-state index in [0.717, 1.165) is 25.2 Å². The quantitative estimate of drug-likeness (QED) is 0.927. The first kappa shape index (κ1) is 16.9. The molecule has 1 saturated heterocycles. The monoisotopic (exact) mass is 336 g/mol. The van der Waals surface area contributed by atoms with Gasteiger partial charge in [0.25, 0.3) is 5.91 Å². The van der Waals surface area contributed by atoms with E-state index in [1.807, 2.05) is 30.2 Å². The molecule has 1 aliphatic heterocycles. The van der Waals surface area contributed by atoms with Gasteiger partial charge in [-0.3, -0.25) is 14.7 Å². The van der Waals surface area contributed by atoms with Gasteiger partial charge in [0.05, 0.1) is 5.56 Å². The van der Waals surface area contributed by atoms with Gasteiger partial charge in [-0.05, 0) is 36.8 Å². The maximum absolute atomic E-state index is 12.7. The SMILES string of the molecule is C[C@H]1CN(Cc2cccnc2)CCN1C(=O)c1ccc(C#N)c(O)c1. The molecular weight excluding hydrogens is 316 g/mol. The number of carbonyl (C=O) groups excluding carboxylic acids is 1. The number of aromatic nitrogens is 1. The van der Waals surface area contributed by atoms with E-state index in [0.29, 0.717) is 12.1 Å². The van der Waals surface area contributed by atoms with E-state index in [-0.39, 0.29) is 23.3 Å². The first-order valence-corrected chi connectivity index (χ1v) is 8.24. The summed E-state index contributed by atoms with van der Waals surface area (Å²) in [6, 6.07) is 10.4. The Morgan fingerprint density at radius 3 is 2.88 bits per heavy atom. The van der Waals surface area contributed by atoms with Gasteiger partial charge in [-0.15, -0.1) is 0 Å². The number of hydrogen-bond donors (Lipinski definition) is 1. The number of carbonyl (C=O) groups is 1. The van der Waals surface area contributed by atoms with Crippen LogP contribution in [0.3, 0.4) is 0 Å². The van der Waals surface area contributed by atoms with E-state index >= 15 is 0 Å². The highest BCUT2D eigenvalue weighted by Crippen LogP contribution is 2.21. The molecule has 0 aliphatic carbocycles. The Hall–Kier alpha value is -2.91. The van der Waals surface area contributed by atoms with Crippen molar-refractivity contribution in [1.29, 1.82) is 5.26 Å². The average Bonchev–Trinajstić information content (AvgIpc) is 2.62. The van der Waals surface area contributed by atoms with Gasteiger partial charge in [0, 0.05) is 50.2 Å². The summed E-state index contributed by atoms with van der Waals surface area (Å²) >= 11 is 0. The Bertz CT molecular complexity index is 801. The second-order valence-electron chi connectivity index (χ2n) is 6.29. The molecule has 25 heavy (non-hydrogen) atoms. The molecule has 1 amide bonds. The Balaban J connectivity index is 1.66. The summed E-state index contributed by atoms with van der Waals surface area (Å²) < 4.78 is 0. The predicted molar refractivity (Wildman–Crippen MR) is 92.8 cm³/mol. The number of rotatable bonds is 3. The Labute approximate surface area is 146 Å². The van der Waals surface area contributed by atoms with Crippen LogP contribution in [-0.2, 0) is 6.54 Å². The zero-order valence-electron chi connectivity index (χ0n) is 14.1. The summed E-state index contributed by atoms with van der Waals surface area (Å²) in [7, 11) is 0. The lowest BCUT2D eigenvalue weighted by Gasteiger charge is -2.40. The van der Waals surface area contributed by atoms with Crippen LogP contribution in [0.2, 0.25) is 0 Å². The Morgan fingerprint density at radius 1 is 1.40 bits per heavy atom. The van der Waals surface area contributed by atoms with Crippen LogP contribution in [0.4, 0.5) is 0 Å². The first-order chi connectivity index (χ1) is 12.1. The minimum Gasteiger partial charge on any atom is -0.507 e. The number of piperazine rings is 1. The van der Waals surface area contributed by atoms with Crippen molar-refractivity contribution in [3.8, 4) is 11.8 Å². The number of nitrogens with zero attached hydrogens (tertiary/aromatic N) is 4. The lowest BCUT2D eigenvalue weighted by atomic mass is 10.1. The number of pyridine rings is 1. The fourth-order valence-electron chi connectivity index (χ4n) is 3.15. The molecule has 0 unspecified atom stereocenters. The molecule has 6 nitrogen and oxygen atoms in total. The summed E-state index contributed by atoms with van der Waals surface area (Å²) in [6.07, 6.45) is 3.62. The molecule has 1 aliphatic rings. The Morgan fingerprint density at radius 2 is 2.24 bits per heavy atom. The molecule has 128 valence electrons. The molecule has 1 aromatic carbocycles. The largest absolute Gasteiger partial charge is 0.507 e. The zero-order valence-corrected chi connectivity index (χ0v) is 14.1. The van der Waals surface area contributed by atoms with Crippen molar-refractivity contribution in [2.24, 2.45) is 0 Å². The fourth-order valence-corrected chi connectivity index (χ4v) is 3.15. The van der Waals surface area contributed by atoms with Gasteiger partial charge in [0.2, 0.25) is 0 Å². The van der Waals surface area contributed by atoms with Crippen LogP contribution in [-0.4, -0.2) is 51.5 Å². The molecule has 3 rings (SSSR count). The van der Waals surface area contributed by atoms with Crippen molar-refractivity contribution < 1.29 is 9.90 Å². The molecule has 2 heterocycles. The van der Waals surface area contributed by atoms with Crippen molar-refractivity contribution in [2.75, 3.05) is 19.6 Å². The third kappa shape index (κ3) is 3.78. The normalized spacial score (nSPS) is 17.9. The molecule has 2 aromatic rings. The molecule has 1 atom stereocenters. The number of phenolic OH excluding ortho intramolecular Hbond substituents is 1. The molecule has 6 heteroatoms. The highest BCUT2D eigenvalue weighted by Gasteiger charge is 2.28. The maximum Gasteiger partial charge on any atom is 0.254 e. The van der Waals surface area contributed by atoms with Gasteiger partial charge in [0.1, 0.15) is 11.8 Å². The average molecular weight is 336 g/mol. The van der Waals surface area contributed by atoms with E-state index in [1.165, 1.54) is 12.1 Å². The van der Waals surface area contributed by atoms with Crippen LogP contribution in [0, 0.1) is 11.3 Å². The van der Waals surface area contributed by atoms with Crippen LogP contribution >= 0.6 is 0 Å². The van der Waals surface area contributed by atoms with E-state index in [2.05, 4.69) is 16.0 Å². The lowest BCUT2D eigenvalue weighted by Crippen LogP contribution is -2.53. The van der Waals surface area contributed by atoms with Crippen molar-refractivity contribution in [1.82, 2.24) is 14.8 Å². The second-order valence-corrected chi connectivity index (χ2v) is 6.29. The van der Waals surface area contributed by atoms with Crippen molar-refractivity contribution in [3.63, 3.8) is 0 Å². The number of hydrogen-bond acceptors (Lipinski definition) is 5. The summed E-state index contributed by atoms with van der Waals surface area (Å²) in [4.78, 5) is 21.0. The predicted octanol–water partition coefficient (Wildman–Crippen LogP) is 2.01. The number of phenols is 1. The number of nitriles is 1. The van der Waals surface area contributed by atoms with Crippen LogP contribution in [0.25, 0.3) is 0 Å². The van der Waals surface area contributed by atoms with Crippen molar-refractivity contribution >= 4 is 5.91 Å². The van der Waals surface area contributed by atoms with Gasteiger partial charge in [-0.2, -0.15) is 5.26 Å². The molecule has 0 spiro atoms. The van der Waals surface area contributed by atoms with E-state index in [1.54, 1.807) is 12.3 Å². The molecule has 1 aromatic heterocycles. The number of benzene rings is 1. The molecule has 1 N–H and O–H groups in total. The number of aromatic hydroxyl groups is 1. The van der Waals surface area contributed by atoms with Crippen LogP contribution in [0.15, 0.2) is 42.7 Å². The van der Waals surface area contributed by atoms with Gasteiger partial charge in [-0.1, -0.05) is 6.07 Å².